The van der Waals surface area contributed by atoms with Gasteiger partial charge in [0.05, 0.1) is 12.5 Å². The van der Waals surface area contributed by atoms with Crippen LogP contribution in [0.5, 0.6) is 0 Å². The third-order valence-electron chi connectivity index (χ3n) is 4.42. The molecule has 2 heterocycles. The van der Waals surface area contributed by atoms with Crippen molar-refractivity contribution in [2.24, 2.45) is 0 Å². The van der Waals surface area contributed by atoms with Crippen molar-refractivity contribution in [3.63, 3.8) is 0 Å². The second kappa shape index (κ2) is 6.48. The Morgan fingerprint density at radius 1 is 1.43 bits per heavy atom. The number of amides is 1. The summed E-state index contributed by atoms with van der Waals surface area (Å²) in [5.74, 6) is 0.0942. The number of rotatable bonds is 4. The number of fused-ring (bicyclic) bond motifs is 1. The maximum absolute atomic E-state index is 11.9. The van der Waals surface area contributed by atoms with Gasteiger partial charge < -0.3 is 15.0 Å². The van der Waals surface area contributed by atoms with Crippen molar-refractivity contribution in [3.8, 4) is 0 Å². The molecule has 1 fully saturated rings. The zero-order valence-electron chi connectivity index (χ0n) is 12.7. The van der Waals surface area contributed by atoms with Gasteiger partial charge in [0.1, 0.15) is 0 Å². The number of ether oxygens (including phenoxy) is 1. The molecule has 0 aliphatic carbocycles. The molecule has 21 heavy (non-hydrogen) atoms. The van der Waals surface area contributed by atoms with Crippen LogP contribution in [0.3, 0.4) is 0 Å². The van der Waals surface area contributed by atoms with Crippen LogP contribution >= 0.6 is 0 Å². The monoisotopic (exact) mass is 288 g/mol. The molecule has 0 unspecified atom stereocenters. The predicted octanol–water partition coefficient (Wildman–Crippen LogP) is 2.25. The first kappa shape index (κ1) is 14.4. The number of anilines is 1. The van der Waals surface area contributed by atoms with Crippen LogP contribution in [-0.2, 0) is 22.5 Å². The molecule has 0 saturated carbocycles. The summed E-state index contributed by atoms with van der Waals surface area (Å²) < 4.78 is 5.50. The van der Waals surface area contributed by atoms with Crippen LogP contribution in [-0.4, -0.2) is 32.2 Å². The van der Waals surface area contributed by atoms with Crippen LogP contribution < -0.4 is 10.2 Å². The van der Waals surface area contributed by atoms with E-state index in [9.17, 15) is 4.79 Å². The Bertz CT molecular complexity index is 510. The molecule has 2 aliphatic heterocycles. The average molecular weight is 288 g/mol. The minimum atomic E-state index is 0.0942. The largest absolute Gasteiger partial charge is 0.378 e. The van der Waals surface area contributed by atoms with E-state index in [4.69, 9.17) is 4.74 Å². The molecule has 114 valence electrons. The summed E-state index contributed by atoms with van der Waals surface area (Å²) in [6, 6.07) is 6.53. The van der Waals surface area contributed by atoms with Gasteiger partial charge in [-0.05, 0) is 42.9 Å². The summed E-state index contributed by atoms with van der Waals surface area (Å²) in [6.07, 6.45) is 5.06. The molecule has 1 saturated heterocycles. The van der Waals surface area contributed by atoms with Crippen LogP contribution in [0.2, 0.25) is 0 Å². The smallest absolute Gasteiger partial charge is 0.222 e. The summed E-state index contributed by atoms with van der Waals surface area (Å²) in [5, 5.41) is 3.01. The van der Waals surface area contributed by atoms with E-state index in [0.717, 1.165) is 32.4 Å². The Hall–Kier alpha value is -1.55. The molecule has 1 amide bonds. The Labute approximate surface area is 126 Å². The van der Waals surface area contributed by atoms with E-state index < -0.39 is 0 Å². The van der Waals surface area contributed by atoms with Gasteiger partial charge in [-0.25, -0.2) is 0 Å². The normalized spacial score (nSPS) is 21.2. The first-order valence-electron chi connectivity index (χ1n) is 7.93. The molecule has 0 bridgehead atoms. The maximum Gasteiger partial charge on any atom is 0.222 e. The molecule has 0 radical (unpaired) electrons. The summed E-state index contributed by atoms with van der Waals surface area (Å²) in [4.78, 5) is 14.2. The van der Waals surface area contributed by atoms with Gasteiger partial charge in [-0.15, -0.1) is 0 Å². The first-order valence-corrected chi connectivity index (χ1v) is 7.93. The molecule has 4 nitrogen and oxygen atoms in total. The van der Waals surface area contributed by atoms with Crippen molar-refractivity contribution in [2.75, 3.05) is 25.1 Å². The first-order chi connectivity index (χ1) is 10.2. The van der Waals surface area contributed by atoms with Gasteiger partial charge >= 0.3 is 0 Å². The lowest BCUT2D eigenvalue weighted by molar-refractivity contribution is -0.123. The molecule has 1 N–H and O–H groups in total. The van der Waals surface area contributed by atoms with Gasteiger partial charge in [-0.1, -0.05) is 12.1 Å². The number of benzene rings is 1. The van der Waals surface area contributed by atoms with Crippen LogP contribution in [0, 0.1) is 0 Å². The minimum Gasteiger partial charge on any atom is -0.378 e. The van der Waals surface area contributed by atoms with Crippen molar-refractivity contribution in [2.45, 2.75) is 44.8 Å². The number of hydrogen-bond acceptors (Lipinski definition) is 3. The summed E-state index contributed by atoms with van der Waals surface area (Å²) in [5.41, 5.74) is 3.91. The van der Waals surface area contributed by atoms with Crippen molar-refractivity contribution in [1.82, 2.24) is 5.32 Å². The number of carbonyl (C=O) groups is 1. The van der Waals surface area contributed by atoms with Crippen molar-refractivity contribution < 1.29 is 9.53 Å². The van der Waals surface area contributed by atoms with Crippen molar-refractivity contribution >= 4 is 11.6 Å². The Kier molecular flexibility index (Phi) is 4.44. The van der Waals surface area contributed by atoms with Gasteiger partial charge in [-0.2, -0.15) is 0 Å². The average Bonchev–Trinajstić information content (AvgIpc) is 2.98. The van der Waals surface area contributed by atoms with Crippen LogP contribution in [0.15, 0.2) is 18.2 Å². The highest BCUT2D eigenvalue weighted by atomic mass is 16.5. The number of hydrogen-bond donors (Lipinski definition) is 1. The highest BCUT2D eigenvalue weighted by Crippen LogP contribution is 2.26. The third kappa shape index (κ3) is 3.56. The molecule has 0 spiro atoms. The highest BCUT2D eigenvalue weighted by Gasteiger charge is 2.19. The van der Waals surface area contributed by atoms with Crippen molar-refractivity contribution in [3.05, 3.63) is 29.3 Å². The molecule has 1 aromatic rings. The Balaban J connectivity index is 1.54. The maximum atomic E-state index is 11.9. The van der Waals surface area contributed by atoms with E-state index >= 15 is 0 Å². The van der Waals surface area contributed by atoms with E-state index in [2.05, 4.69) is 35.5 Å². The summed E-state index contributed by atoms with van der Waals surface area (Å²) in [6.45, 7) is 2.54. The SMILES string of the molecule is CN1CCCc2cc(CNC(=O)C[C@@H]3CCCO3)ccc21. The Morgan fingerprint density at radius 2 is 2.33 bits per heavy atom. The fourth-order valence-electron chi connectivity index (χ4n) is 3.23. The van der Waals surface area contributed by atoms with E-state index in [-0.39, 0.29) is 12.0 Å². The molecule has 4 heteroatoms. The van der Waals surface area contributed by atoms with Crippen LogP contribution in [0.25, 0.3) is 0 Å². The zero-order valence-corrected chi connectivity index (χ0v) is 12.7. The fraction of sp³-hybridized carbons (Fsp3) is 0.588. The fourth-order valence-corrected chi connectivity index (χ4v) is 3.23. The van der Waals surface area contributed by atoms with Gasteiger partial charge in [0.25, 0.3) is 0 Å². The van der Waals surface area contributed by atoms with E-state index in [1.807, 2.05) is 0 Å². The summed E-state index contributed by atoms with van der Waals surface area (Å²) in [7, 11) is 2.14. The number of nitrogens with zero attached hydrogens (tertiary/aromatic N) is 1. The van der Waals surface area contributed by atoms with Crippen molar-refractivity contribution in [1.29, 1.82) is 0 Å². The highest BCUT2D eigenvalue weighted by molar-refractivity contribution is 5.76. The molecule has 1 aromatic carbocycles. The molecule has 3 rings (SSSR count). The standard InChI is InChI=1S/C17H24N2O2/c1-19-8-2-4-14-10-13(6-7-16(14)19)12-18-17(20)11-15-5-3-9-21-15/h6-7,10,15H,2-5,8-9,11-12H2,1H3,(H,18,20)/t15-/m0/s1. The lowest BCUT2D eigenvalue weighted by Crippen LogP contribution is -2.27. The predicted molar refractivity (Wildman–Crippen MR) is 83.5 cm³/mol. The quantitative estimate of drug-likeness (QED) is 0.924. The number of nitrogens with one attached hydrogen (secondary N) is 1. The number of aryl methyl sites for hydroxylation is 1. The van der Waals surface area contributed by atoms with Gasteiger partial charge in [0.15, 0.2) is 0 Å². The second-order valence-corrected chi connectivity index (χ2v) is 6.10. The van der Waals surface area contributed by atoms with E-state index in [1.165, 1.54) is 23.2 Å². The zero-order chi connectivity index (χ0) is 14.7. The molecule has 2 aliphatic rings. The van der Waals surface area contributed by atoms with Crippen LogP contribution in [0.4, 0.5) is 5.69 Å². The lowest BCUT2D eigenvalue weighted by Gasteiger charge is -2.27. The Morgan fingerprint density at radius 3 is 3.14 bits per heavy atom. The lowest BCUT2D eigenvalue weighted by atomic mass is 9.99. The van der Waals surface area contributed by atoms with Gasteiger partial charge in [-0.3, -0.25) is 4.79 Å². The molecule has 0 aromatic heterocycles. The molecular formula is C17H24N2O2. The number of carbonyl (C=O) groups excluding carboxylic acids is 1. The molecule has 1 atom stereocenters. The van der Waals surface area contributed by atoms with Crippen LogP contribution in [0.1, 0.15) is 36.8 Å². The van der Waals surface area contributed by atoms with Gasteiger partial charge in [0, 0.05) is 32.4 Å². The minimum absolute atomic E-state index is 0.0942. The van der Waals surface area contributed by atoms with E-state index in [1.54, 1.807) is 0 Å². The second-order valence-electron chi connectivity index (χ2n) is 6.10. The summed E-state index contributed by atoms with van der Waals surface area (Å²) >= 11 is 0. The van der Waals surface area contributed by atoms with E-state index in [0.29, 0.717) is 13.0 Å². The topological polar surface area (TPSA) is 41.6 Å². The molecular weight excluding hydrogens is 264 g/mol. The third-order valence-corrected chi connectivity index (χ3v) is 4.42. The van der Waals surface area contributed by atoms with Gasteiger partial charge in [0.2, 0.25) is 5.91 Å².